The second-order valence-corrected chi connectivity index (χ2v) is 3.14. The van der Waals surface area contributed by atoms with Crippen LogP contribution in [0.3, 0.4) is 0 Å². The van der Waals surface area contributed by atoms with Crippen molar-refractivity contribution >= 4 is 5.69 Å². The van der Waals surface area contributed by atoms with Crippen LogP contribution in [0.2, 0.25) is 0 Å². The van der Waals surface area contributed by atoms with E-state index in [0.29, 0.717) is 18.9 Å². The molecule has 6 nitrogen and oxygen atoms in total. The van der Waals surface area contributed by atoms with Gasteiger partial charge >= 0.3 is 0 Å². The molecular formula is C10H9N3O3. The molecule has 1 fully saturated rings. The maximum atomic E-state index is 11.1. The number of rotatable bonds is 2. The number of nitriles is 1. The Labute approximate surface area is 91.9 Å². The summed E-state index contributed by atoms with van der Waals surface area (Å²) < 4.78 is 10.6. The van der Waals surface area contributed by atoms with Crippen molar-refractivity contribution in [1.82, 2.24) is 0 Å². The number of nitrogens with zero attached hydrogens (tertiary/aromatic N) is 3. The molecule has 6 heteroatoms. The molecule has 0 atom stereocenters. The first kappa shape index (κ1) is 10.5. The van der Waals surface area contributed by atoms with E-state index in [1.165, 1.54) is 6.19 Å². The lowest BCUT2D eigenvalue weighted by molar-refractivity contribution is -0.435. The Morgan fingerprint density at radius 1 is 1.31 bits per heavy atom. The van der Waals surface area contributed by atoms with Crippen molar-refractivity contribution in [2.75, 3.05) is 13.2 Å². The molecule has 0 aliphatic carbocycles. The monoisotopic (exact) mass is 219 g/mol. The summed E-state index contributed by atoms with van der Waals surface area (Å²) in [5, 5.41) is 22.4. The minimum Gasteiger partial charge on any atom is -0.593 e. The Balaban J connectivity index is 2.16. The topological polar surface area (TPSA) is 80.7 Å². The Morgan fingerprint density at radius 2 is 1.94 bits per heavy atom. The number of ether oxygens (including phenoxy) is 2. The summed E-state index contributed by atoms with van der Waals surface area (Å²) in [4.78, 5) is 0.264. The molecule has 1 aromatic rings. The van der Waals surface area contributed by atoms with Crippen molar-refractivity contribution in [3.63, 3.8) is 0 Å². The van der Waals surface area contributed by atoms with E-state index in [2.05, 4.69) is 5.11 Å². The predicted octanol–water partition coefficient (Wildman–Crippen LogP) is 1.81. The van der Waals surface area contributed by atoms with Gasteiger partial charge in [0.2, 0.25) is 5.69 Å². The van der Waals surface area contributed by atoms with E-state index in [4.69, 9.17) is 14.7 Å². The largest absolute Gasteiger partial charge is 0.593 e. The van der Waals surface area contributed by atoms with Gasteiger partial charge in [0.05, 0.1) is 18.3 Å². The molecule has 1 saturated heterocycles. The minimum absolute atomic E-state index is 0.264. The number of azo groups is 1. The molecule has 0 spiro atoms. The summed E-state index contributed by atoms with van der Waals surface area (Å²) in [7, 11) is 0. The smallest absolute Gasteiger partial charge is 0.274 e. The van der Waals surface area contributed by atoms with E-state index in [9.17, 15) is 5.21 Å². The van der Waals surface area contributed by atoms with Crippen LogP contribution in [-0.4, -0.2) is 18.1 Å². The molecule has 0 amide bonds. The molecule has 16 heavy (non-hydrogen) atoms. The van der Waals surface area contributed by atoms with Crippen LogP contribution in [0.1, 0.15) is 11.9 Å². The van der Waals surface area contributed by atoms with Crippen molar-refractivity contribution < 1.29 is 14.3 Å². The fourth-order valence-electron chi connectivity index (χ4n) is 1.41. The lowest BCUT2D eigenvalue weighted by Gasteiger charge is -2.08. The standard InChI is InChI=1S/C10H9N3O3/c11-7-12-13(14)9-3-1-8(2-4-9)10-15-5-6-16-10/h1-4,10H,5-6H2. The minimum atomic E-state index is -0.359. The second-order valence-electron chi connectivity index (χ2n) is 3.14. The first-order valence-electron chi connectivity index (χ1n) is 4.71. The van der Waals surface area contributed by atoms with Gasteiger partial charge in [-0.1, -0.05) is 0 Å². The molecule has 1 aliphatic rings. The molecule has 82 valence electrons. The fraction of sp³-hybridized carbons (Fsp3) is 0.300. The number of hydrogen-bond acceptors (Lipinski definition) is 5. The first-order valence-corrected chi connectivity index (χ1v) is 4.71. The van der Waals surface area contributed by atoms with Gasteiger partial charge < -0.3 is 14.7 Å². The van der Waals surface area contributed by atoms with Gasteiger partial charge in [-0.25, -0.2) is 0 Å². The molecule has 0 N–H and O–H groups in total. The van der Waals surface area contributed by atoms with Crippen LogP contribution in [0.4, 0.5) is 5.69 Å². The average Bonchev–Trinajstić information content (AvgIpc) is 2.83. The van der Waals surface area contributed by atoms with Crippen molar-refractivity contribution in [3.05, 3.63) is 35.0 Å². The second kappa shape index (κ2) is 4.70. The number of benzene rings is 1. The molecule has 1 aliphatic heterocycles. The van der Waals surface area contributed by atoms with Gasteiger partial charge in [0.25, 0.3) is 6.19 Å². The first-order chi connectivity index (χ1) is 7.81. The maximum Gasteiger partial charge on any atom is 0.274 e. The Bertz CT molecular complexity index is 430. The van der Waals surface area contributed by atoms with Crippen LogP contribution in [0.25, 0.3) is 0 Å². The van der Waals surface area contributed by atoms with Crippen LogP contribution >= 0.6 is 0 Å². The molecule has 0 radical (unpaired) electrons. The zero-order valence-corrected chi connectivity index (χ0v) is 8.37. The number of hydrogen-bond donors (Lipinski definition) is 0. The summed E-state index contributed by atoms with van der Waals surface area (Å²) in [5.74, 6) is 0. The lowest BCUT2D eigenvalue weighted by atomic mass is 10.2. The Morgan fingerprint density at radius 3 is 2.50 bits per heavy atom. The highest BCUT2D eigenvalue weighted by Crippen LogP contribution is 2.24. The molecule has 0 bridgehead atoms. The van der Waals surface area contributed by atoms with Gasteiger partial charge in [-0.05, 0) is 17.0 Å². The third-order valence-corrected chi connectivity index (χ3v) is 2.14. The van der Waals surface area contributed by atoms with Crippen molar-refractivity contribution in [2.24, 2.45) is 5.11 Å². The summed E-state index contributed by atoms with van der Waals surface area (Å²) in [6.07, 6.45) is 1.07. The summed E-state index contributed by atoms with van der Waals surface area (Å²) in [5.41, 5.74) is 1.13. The Hall–Kier alpha value is -1.97. The van der Waals surface area contributed by atoms with E-state index >= 15 is 0 Å². The van der Waals surface area contributed by atoms with E-state index < -0.39 is 0 Å². The molecule has 1 aromatic carbocycles. The molecule has 0 saturated carbocycles. The average molecular weight is 219 g/mol. The molecule has 0 unspecified atom stereocenters. The van der Waals surface area contributed by atoms with Crippen LogP contribution in [-0.2, 0) is 9.47 Å². The van der Waals surface area contributed by atoms with E-state index in [-0.39, 0.29) is 11.2 Å². The third kappa shape index (κ3) is 2.16. The van der Waals surface area contributed by atoms with E-state index in [1.54, 1.807) is 24.3 Å². The molecule has 2 rings (SSSR count). The Kier molecular flexibility index (Phi) is 3.10. The zero-order chi connectivity index (χ0) is 11.4. The highest BCUT2D eigenvalue weighted by atomic mass is 16.7. The van der Waals surface area contributed by atoms with E-state index in [0.717, 1.165) is 5.56 Å². The molecule has 0 aromatic heterocycles. The van der Waals surface area contributed by atoms with Gasteiger partial charge in [0.15, 0.2) is 6.29 Å². The van der Waals surface area contributed by atoms with Crippen LogP contribution in [0.5, 0.6) is 0 Å². The highest BCUT2D eigenvalue weighted by Gasteiger charge is 2.18. The van der Waals surface area contributed by atoms with Gasteiger partial charge in [0.1, 0.15) is 0 Å². The van der Waals surface area contributed by atoms with Crippen LogP contribution in [0.15, 0.2) is 29.4 Å². The van der Waals surface area contributed by atoms with Crippen LogP contribution < -0.4 is 0 Å². The molecule has 1 heterocycles. The van der Waals surface area contributed by atoms with Gasteiger partial charge in [-0.2, -0.15) is 5.26 Å². The maximum absolute atomic E-state index is 11.1. The highest BCUT2D eigenvalue weighted by molar-refractivity contribution is 5.33. The van der Waals surface area contributed by atoms with Crippen molar-refractivity contribution in [1.29, 1.82) is 5.26 Å². The lowest BCUT2D eigenvalue weighted by Crippen LogP contribution is -1.98. The van der Waals surface area contributed by atoms with Gasteiger partial charge in [0, 0.05) is 17.7 Å². The van der Waals surface area contributed by atoms with Crippen LogP contribution in [0, 0.1) is 16.7 Å². The van der Waals surface area contributed by atoms with Gasteiger partial charge in [-0.3, -0.25) is 0 Å². The normalized spacial score (nSPS) is 17.3. The SMILES string of the molecule is N#CN=[N+]([O-])c1ccc(C2OCCO2)cc1. The summed E-state index contributed by atoms with van der Waals surface area (Å²) in [6, 6.07) is 6.55. The van der Waals surface area contributed by atoms with E-state index in [1.807, 2.05) is 0 Å². The molecular weight excluding hydrogens is 210 g/mol. The van der Waals surface area contributed by atoms with Gasteiger partial charge in [-0.15, -0.1) is 0 Å². The summed E-state index contributed by atoms with van der Waals surface area (Å²) in [6.45, 7) is 1.15. The fourth-order valence-corrected chi connectivity index (χ4v) is 1.41. The van der Waals surface area contributed by atoms with Crippen molar-refractivity contribution in [3.8, 4) is 6.19 Å². The van der Waals surface area contributed by atoms with Crippen molar-refractivity contribution in [2.45, 2.75) is 6.29 Å². The predicted molar refractivity (Wildman–Crippen MR) is 52.4 cm³/mol. The summed E-state index contributed by atoms with van der Waals surface area (Å²) >= 11 is 0. The zero-order valence-electron chi connectivity index (χ0n) is 8.37. The third-order valence-electron chi connectivity index (χ3n) is 2.14. The quantitative estimate of drug-likeness (QED) is 0.329.